The molecular weight excluding hydrogens is 270 g/mol. The Morgan fingerprint density at radius 2 is 1.90 bits per heavy atom. The highest BCUT2D eigenvalue weighted by molar-refractivity contribution is 6.30. The lowest BCUT2D eigenvalue weighted by Gasteiger charge is -2.39. The fourth-order valence-electron chi connectivity index (χ4n) is 3.75. The maximum atomic E-state index is 6.35. The van der Waals surface area contributed by atoms with Crippen molar-refractivity contribution in [2.45, 2.75) is 64.8 Å². The largest absolute Gasteiger partial charge is 0.353 e. The molecule has 2 atom stereocenters. The van der Waals surface area contributed by atoms with Crippen LogP contribution >= 0.6 is 11.6 Å². The lowest BCUT2D eigenvalue weighted by Crippen LogP contribution is -2.43. The molecule has 3 nitrogen and oxygen atoms in total. The van der Waals surface area contributed by atoms with Gasteiger partial charge in [-0.2, -0.15) is 0 Å². The van der Waals surface area contributed by atoms with Gasteiger partial charge in [0.15, 0.2) is 0 Å². The van der Waals surface area contributed by atoms with Crippen LogP contribution in [0, 0.1) is 12.8 Å². The number of aromatic nitrogens is 2. The molecule has 3 rings (SSSR count). The van der Waals surface area contributed by atoms with Gasteiger partial charge in [-0.1, -0.05) is 31.9 Å². The Hall–Kier alpha value is -0.830. The number of piperidine rings is 1. The fraction of sp³-hybridized carbons (Fsp3) is 0.750. The molecule has 0 N–H and O–H groups in total. The first-order valence-corrected chi connectivity index (χ1v) is 8.26. The summed E-state index contributed by atoms with van der Waals surface area (Å²) in [5, 5.41) is 0.624. The molecule has 0 aromatic carbocycles. The van der Waals surface area contributed by atoms with Gasteiger partial charge in [-0.3, -0.25) is 0 Å². The molecule has 2 fully saturated rings. The average Bonchev–Trinajstić information content (AvgIpc) is 2.89. The van der Waals surface area contributed by atoms with Crippen molar-refractivity contribution in [3.8, 4) is 0 Å². The van der Waals surface area contributed by atoms with E-state index in [1.54, 1.807) is 0 Å². The van der Waals surface area contributed by atoms with Gasteiger partial charge in [-0.15, -0.1) is 0 Å². The predicted octanol–water partition coefficient (Wildman–Crippen LogP) is 4.33. The Bertz CT molecular complexity index is 501. The number of fused-ring (bicyclic) bond motifs is 1. The standard InChI is InChI=1S/C16H24ClN3/c1-10(2)15-18-14(17)11(3)16(19-15)20-9-5-7-12-6-4-8-13(12)20/h10,12-13H,4-9H2,1-3H3. The SMILES string of the molecule is Cc1c(Cl)nc(C(C)C)nc1N1CCCC2CCCC21. The molecule has 4 heteroatoms. The minimum Gasteiger partial charge on any atom is -0.353 e. The molecule has 2 unspecified atom stereocenters. The smallest absolute Gasteiger partial charge is 0.137 e. The van der Waals surface area contributed by atoms with Gasteiger partial charge in [0.05, 0.1) is 0 Å². The summed E-state index contributed by atoms with van der Waals surface area (Å²) >= 11 is 6.35. The van der Waals surface area contributed by atoms with Crippen molar-refractivity contribution in [3.63, 3.8) is 0 Å². The molecule has 1 aliphatic carbocycles. The molecule has 1 aromatic rings. The molecule has 0 radical (unpaired) electrons. The van der Waals surface area contributed by atoms with E-state index in [1.165, 1.54) is 32.1 Å². The second-order valence-electron chi connectivity index (χ2n) is 6.57. The van der Waals surface area contributed by atoms with E-state index >= 15 is 0 Å². The number of hydrogen-bond donors (Lipinski definition) is 0. The molecule has 110 valence electrons. The van der Waals surface area contributed by atoms with E-state index in [0.29, 0.717) is 17.1 Å². The lowest BCUT2D eigenvalue weighted by atomic mass is 9.92. The predicted molar refractivity (Wildman–Crippen MR) is 83.6 cm³/mol. The highest BCUT2D eigenvalue weighted by Crippen LogP contribution is 2.40. The van der Waals surface area contributed by atoms with Crippen LogP contribution in [0.1, 0.15) is 63.3 Å². The molecule has 0 amide bonds. The minimum atomic E-state index is 0.316. The van der Waals surface area contributed by atoms with E-state index in [2.05, 4.69) is 30.7 Å². The Morgan fingerprint density at radius 3 is 2.65 bits per heavy atom. The van der Waals surface area contributed by atoms with Crippen LogP contribution in [0.25, 0.3) is 0 Å². The molecule has 0 bridgehead atoms. The Labute approximate surface area is 126 Å². The van der Waals surface area contributed by atoms with Crippen LogP contribution in [0.15, 0.2) is 0 Å². The maximum absolute atomic E-state index is 6.35. The second kappa shape index (κ2) is 5.51. The third-order valence-corrected chi connectivity index (χ3v) is 5.23. The number of anilines is 1. The van der Waals surface area contributed by atoms with E-state index in [1.807, 2.05) is 0 Å². The number of rotatable bonds is 2. The van der Waals surface area contributed by atoms with Crippen molar-refractivity contribution in [1.82, 2.24) is 9.97 Å². The lowest BCUT2D eigenvalue weighted by molar-refractivity contribution is 0.359. The highest BCUT2D eigenvalue weighted by atomic mass is 35.5. The number of halogens is 1. The summed E-state index contributed by atoms with van der Waals surface area (Å²) in [5.41, 5.74) is 1.05. The van der Waals surface area contributed by atoms with E-state index < -0.39 is 0 Å². The molecular formula is C16H24ClN3. The highest BCUT2D eigenvalue weighted by Gasteiger charge is 2.36. The third kappa shape index (κ3) is 2.41. The summed E-state index contributed by atoms with van der Waals surface area (Å²) < 4.78 is 0. The van der Waals surface area contributed by atoms with Gasteiger partial charge in [-0.25, -0.2) is 9.97 Å². The first-order valence-electron chi connectivity index (χ1n) is 7.88. The fourth-order valence-corrected chi connectivity index (χ4v) is 3.92. The third-order valence-electron chi connectivity index (χ3n) is 4.86. The Kier molecular flexibility index (Phi) is 3.89. The van der Waals surface area contributed by atoms with E-state index in [-0.39, 0.29) is 0 Å². The molecule has 1 aromatic heterocycles. The van der Waals surface area contributed by atoms with Crippen LogP contribution in [-0.4, -0.2) is 22.6 Å². The van der Waals surface area contributed by atoms with E-state index in [0.717, 1.165) is 29.7 Å². The van der Waals surface area contributed by atoms with Crippen molar-refractivity contribution in [2.75, 3.05) is 11.4 Å². The van der Waals surface area contributed by atoms with Crippen LogP contribution in [0.4, 0.5) is 5.82 Å². The van der Waals surface area contributed by atoms with Crippen molar-refractivity contribution < 1.29 is 0 Å². The van der Waals surface area contributed by atoms with Gasteiger partial charge in [0.25, 0.3) is 0 Å². The van der Waals surface area contributed by atoms with E-state index in [4.69, 9.17) is 16.6 Å². The van der Waals surface area contributed by atoms with Gasteiger partial charge in [0, 0.05) is 24.1 Å². The van der Waals surface area contributed by atoms with Crippen LogP contribution in [0.2, 0.25) is 5.15 Å². The molecule has 0 spiro atoms. The second-order valence-corrected chi connectivity index (χ2v) is 6.93. The monoisotopic (exact) mass is 293 g/mol. The van der Waals surface area contributed by atoms with Crippen LogP contribution in [-0.2, 0) is 0 Å². The molecule has 1 saturated carbocycles. The summed E-state index contributed by atoms with van der Waals surface area (Å²) in [4.78, 5) is 11.8. The number of nitrogens with zero attached hydrogens (tertiary/aromatic N) is 3. The van der Waals surface area contributed by atoms with Gasteiger partial charge in [-0.05, 0) is 38.5 Å². The average molecular weight is 294 g/mol. The van der Waals surface area contributed by atoms with E-state index in [9.17, 15) is 0 Å². The van der Waals surface area contributed by atoms with Crippen LogP contribution in [0.3, 0.4) is 0 Å². The Balaban J connectivity index is 1.99. The van der Waals surface area contributed by atoms with Gasteiger partial charge in [0.2, 0.25) is 0 Å². The summed E-state index contributed by atoms with van der Waals surface area (Å²) in [5.74, 6) is 3.14. The van der Waals surface area contributed by atoms with Crippen LogP contribution in [0.5, 0.6) is 0 Å². The summed E-state index contributed by atoms with van der Waals surface area (Å²) in [7, 11) is 0. The van der Waals surface area contributed by atoms with Gasteiger partial charge in [0.1, 0.15) is 16.8 Å². The first kappa shape index (κ1) is 14.1. The van der Waals surface area contributed by atoms with Crippen molar-refractivity contribution in [3.05, 3.63) is 16.5 Å². The van der Waals surface area contributed by atoms with Gasteiger partial charge < -0.3 is 4.90 Å². The van der Waals surface area contributed by atoms with Crippen molar-refractivity contribution in [2.24, 2.45) is 5.92 Å². The quantitative estimate of drug-likeness (QED) is 0.760. The normalized spacial score (nSPS) is 26.1. The van der Waals surface area contributed by atoms with Crippen LogP contribution < -0.4 is 4.90 Å². The first-order chi connectivity index (χ1) is 9.58. The zero-order valence-electron chi connectivity index (χ0n) is 12.7. The van der Waals surface area contributed by atoms with Gasteiger partial charge >= 0.3 is 0 Å². The molecule has 1 aliphatic heterocycles. The van der Waals surface area contributed by atoms with Crippen molar-refractivity contribution >= 4 is 17.4 Å². The minimum absolute atomic E-state index is 0.316. The molecule has 1 saturated heterocycles. The zero-order chi connectivity index (χ0) is 14.3. The molecule has 2 heterocycles. The topological polar surface area (TPSA) is 29.0 Å². The maximum Gasteiger partial charge on any atom is 0.137 e. The van der Waals surface area contributed by atoms with Crippen molar-refractivity contribution in [1.29, 1.82) is 0 Å². The molecule has 2 aliphatic rings. The molecule has 20 heavy (non-hydrogen) atoms. The number of hydrogen-bond acceptors (Lipinski definition) is 3. The summed E-state index contributed by atoms with van der Waals surface area (Å²) in [6, 6.07) is 0.674. The summed E-state index contributed by atoms with van der Waals surface area (Å²) in [6.45, 7) is 7.42. The summed E-state index contributed by atoms with van der Waals surface area (Å²) in [6.07, 6.45) is 6.72. The zero-order valence-corrected chi connectivity index (χ0v) is 13.5. The Morgan fingerprint density at radius 1 is 1.15 bits per heavy atom.